The highest BCUT2D eigenvalue weighted by Crippen LogP contribution is 2.34. The molecule has 0 aliphatic carbocycles. The van der Waals surface area contributed by atoms with Crippen molar-refractivity contribution in [3.8, 4) is 0 Å². The summed E-state index contributed by atoms with van der Waals surface area (Å²) in [6.45, 7) is 0. The normalized spacial score (nSPS) is 11.8. The van der Waals surface area contributed by atoms with E-state index in [-0.39, 0.29) is 0 Å². The van der Waals surface area contributed by atoms with Crippen LogP contribution >= 0.6 is 34.4 Å². The molecule has 0 bridgehead atoms. The zero-order chi connectivity index (χ0) is 18.9. The van der Waals surface area contributed by atoms with Crippen molar-refractivity contribution in [1.29, 1.82) is 0 Å². The Morgan fingerprint density at radius 3 is 2.70 bits per heavy atom. The highest BCUT2D eigenvalue weighted by atomic mass is 32.2. The zero-order valence-corrected chi connectivity index (χ0v) is 16.1. The van der Waals surface area contributed by atoms with E-state index in [1.54, 1.807) is 29.2 Å². The maximum absolute atomic E-state index is 12.8. The number of benzene rings is 2. The first-order valence-corrected chi connectivity index (χ1v) is 10.5. The number of para-hydroxylation sites is 1. The van der Waals surface area contributed by atoms with Crippen molar-refractivity contribution in [2.24, 2.45) is 0 Å². The average molecular weight is 424 g/mol. The molecule has 2 aromatic carbocycles. The van der Waals surface area contributed by atoms with Gasteiger partial charge >= 0.3 is 6.18 Å². The minimum Gasteiger partial charge on any atom is -0.332 e. The quantitative estimate of drug-likeness (QED) is 0.358. The number of rotatable bonds is 5. The number of fused-ring (bicyclic) bond motifs is 1. The predicted molar refractivity (Wildman–Crippen MR) is 106 cm³/mol. The standard InChI is InChI=1S/C18H12F3N3S3/c19-18(20,21)11-4-3-5-12(8-11)22-16-23-13(9-25-16)10-26-17-24-14-6-1-2-7-15(14)27-17/h1-9H,10H2,(H,22,23). The highest BCUT2D eigenvalue weighted by molar-refractivity contribution is 8.00. The van der Waals surface area contributed by atoms with E-state index in [0.29, 0.717) is 16.6 Å². The number of anilines is 2. The van der Waals surface area contributed by atoms with Crippen LogP contribution in [0.5, 0.6) is 0 Å². The van der Waals surface area contributed by atoms with Crippen molar-refractivity contribution in [2.45, 2.75) is 16.3 Å². The third-order valence-corrected chi connectivity index (χ3v) is 6.63. The van der Waals surface area contributed by atoms with Crippen LogP contribution in [0.15, 0.2) is 58.3 Å². The van der Waals surface area contributed by atoms with E-state index in [4.69, 9.17) is 0 Å². The molecule has 0 atom stereocenters. The number of nitrogens with zero attached hydrogens (tertiary/aromatic N) is 2. The molecule has 0 spiro atoms. The summed E-state index contributed by atoms with van der Waals surface area (Å²) in [5, 5.41) is 5.40. The van der Waals surface area contributed by atoms with Crippen LogP contribution in [-0.2, 0) is 11.9 Å². The molecule has 138 valence electrons. The zero-order valence-electron chi connectivity index (χ0n) is 13.7. The molecule has 9 heteroatoms. The summed E-state index contributed by atoms with van der Waals surface area (Å²) in [6.07, 6.45) is -4.36. The molecule has 0 aliphatic rings. The molecule has 27 heavy (non-hydrogen) atoms. The number of nitrogens with one attached hydrogen (secondary N) is 1. The van der Waals surface area contributed by atoms with E-state index in [1.807, 2.05) is 29.6 Å². The van der Waals surface area contributed by atoms with E-state index >= 15 is 0 Å². The van der Waals surface area contributed by atoms with Crippen LogP contribution < -0.4 is 5.32 Å². The fourth-order valence-electron chi connectivity index (χ4n) is 2.38. The van der Waals surface area contributed by atoms with E-state index in [0.717, 1.165) is 32.4 Å². The van der Waals surface area contributed by atoms with Crippen LogP contribution in [-0.4, -0.2) is 9.97 Å². The maximum atomic E-state index is 12.8. The van der Waals surface area contributed by atoms with E-state index in [1.165, 1.54) is 17.4 Å². The molecule has 0 saturated heterocycles. The molecule has 0 aliphatic heterocycles. The second kappa shape index (κ2) is 7.49. The third-order valence-electron chi connectivity index (χ3n) is 3.61. The third kappa shape index (κ3) is 4.42. The molecule has 0 fully saturated rings. The van der Waals surface area contributed by atoms with Gasteiger partial charge in [0.2, 0.25) is 0 Å². The van der Waals surface area contributed by atoms with Gasteiger partial charge in [0.15, 0.2) is 9.47 Å². The summed E-state index contributed by atoms with van der Waals surface area (Å²) >= 11 is 4.60. The minimum absolute atomic E-state index is 0.365. The minimum atomic E-state index is -4.36. The van der Waals surface area contributed by atoms with Gasteiger partial charge in [-0.1, -0.05) is 30.0 Å². The monoisotopic (exact) mass is 423 g/mol. The molecule has 4 aromatic rings. The summed E-state index contributed by atoms with van der Waals surface area (Å²) in [5.41, 5.74) is 1.52. The van der Waals surface area contributed by atoms with Gasteiger partial charge in [-0.05, 0) is 30.3 Å². The molecule has 1 N–H and O–H groups in total. The van der Waals surface area contributed by atoms with E-state index < -0.39 is 11.7 Å². The predicted octanol–water partition coefficient (Wildman–Crippen LogP) is 6.81. The molecule has 0 amide bonds. The SMILES string of the molecule is FC(F)(F)c1cccc(Nc2nc(CSc3nc4ccccc4s3)cs2)c1. The Bertz CT molecular complexity index is 1040. The van der Waals surface area contributed by atoms with Crippen LogP contribution in [0.25, 0.3) is 10.2 Å². The van der Waals surface area contributed by atoms with Crippen LogP contribution in [0, 0.1) is 0 Å². The highest BCUT2D eigenvalue weighted by Gasteiger charge is 2.30. The van der Waals surface area contributed by atoms with Crippen LogP contribution in [0.1, 0.15) is 11.3 Å². The fraction of sp³-hybridized carbons (Fsp3) is 0.111. The summed E-state index contributed by atoms with van der Waals surface area (Å²) < 4.78 is 40.5. The Balaban J connectivity index is 1.41. The van der Waals surface area contributed by atoms with Gasteiger partial charge in [-0.15, -0.1) is 22.7 Å². The van der Waals surface area contributed by atoms with E-state index in [9.17, 15) is 13.2 Å². The fourth-order valence-corrected chi connectivity index (χ4v) is 5.17. The van der Waals surface area contributed by atoms with E-state index in [2.05, 4.69) is 15.3 Å². The second-order valence-electron chi connectivity index (χ2n) is 5.58. The molecular weight excluding hydrogens is 411 g/mol. The lowest BCUT2D eigenvalue weighted by molar-refractivity contribution is -0.137. The van der Waals surface area contributed by atoms with Gasteiger partial charge in [0.05, 0.1) is 21.5 Å². The van der Waals surface area contributed by atoms with Gasteiger partial charge in [-0.3, -0.25) is 0 Å². The number of hydrogen-bond acceptors (Lipinski definition) is 6. The lowest BCUT2D eigenvalue weighted by Crippen LogP contribution is -2.05. The molecule has 4 rings (SSSR count). The molecule has 0 saturated carbocycles. The van der Waals surface area contributed by atoms with Gasteiger partial charge < -0.3 is 5.32 Å². The lowest BCUT2D eigenvalue weighted by atomic mass is 10.2. The van der Waals surface area contributed by atoms with Crippen molar-refractivity contribution < 1.29 is 13.2 Å². The van der Waals surface area contributed by atoms with Crippen molar-refractivity contribution in [3.63, 3.8) is 0 Å². The van der Waals surface area contributed by atoms with Gasteiger partial charge in [0.1, 0.15) is 0 Å². The van der Waals surface area contributed by atoms with Crippen LogP contribution in [0.4, 0.5) is 24.0 Å². The van der Waals surface area contributed by atoms with Gasteiger partial charge in [-0.25, -0.2) is 9.97 Å². The van der Waals surface area contributed by atoms with Crippen molar-refractivity contribution >= 4 is 55.5 Å². The maximum Gasteiger partial charge on any atom is 0.416 e. The molecule has 2 aromatic heterocycles. The second-order valence-corrected chi connectivity index (χ2v) is 8.69. The summed E-state index contributed by atoms with van der Waals surface area (Å²) in [6, 6.07) is 13.1. The molecule has 2 heterocycles. The number of thioether (sulfide) groups is 1. The van der Waals surface area contributed by atoms with Crippen molar-refractivity contribution in [3.05, 3.63) is 65.2 Å². The number of thiazole rings is 2. The molecule has 0 radical (unpaired) electrons. The van der Waals surface area contributed by atoms with Crippen LogP contribution in [0.2, 0.25) is 0 Å². The number of hydrogen-bond donors (Lipinski definition) is 1. The Labute approximate surface area is 165 Å². The first-order valence-electron chi connectivity index (χ1n) is 7.84. The Morgan fingerprint density at radius 2 is 1.89 bits per heavy atom. The largest absolute Gasteiger partial charge is 0.416 e. The first-order chi connectivity index (χ1) is 13.0. The first kappa shape index (κ1) is 18.3. The summed E-state index contributed by atoms with van der Waals surface area (Å²) in [5.74, 6) is 0.653. The van der Waals surface area contributed by atoms with Crippen molar-refractivity contribution in [1.82, 2.24) is 9.97 Å². The average Bonchev–Trinajstić information content (AvgIpc) is 3.25. The van der Waals surface area contributed by atoms with Gasteiger partial charge in [0.25, 0.3) is 0 Å². The Kier molecular flexibility index (Phi) is 5.07. The lowest BCUT2D eigenvalue weighted by Gasteiger charge is -2.08. The summed E-state index contributed by atoms with van der Waals surface area (Å²) in [7, 11) is 0. The Morgan fingerprint density at radius 1 is 1.04 bits per heavy atom. The van der Waals surface area contributed by atoms with Gasteiger partial charge in [-0.2, -0.15) is 13.2 Å². The smallest absolute Gasteiger partial charge is 0.332 e. The summed E-state index contributed by atoms with van der Waals surface area (Å²) in [4.78, 5) is 9.02. The number of halogens is 3. The van der Waals surface area contributed by atoms with Crippen molar-refractivity contribution in [2.75, 3.05) is 5.32 Å². The van der Waals surface area contributed by atoms with Gasteiger partial charge in [0, 0.05) is 16.8 Å². The number of alkyl halides is 3. The molecule has 0 unspecified atom stereocenters. The molecule has 3 nitrogen and oxygen atoms in total. The van der Waals surface area contributed by atoms with Crippen LogP contribution in [0.3, 0.4) is 0 Å². The number of aromatic nitrogens is 2. The Hall–Kier alpha value is -2.10. The molecular formula is C18H12F3N3S3. The topological polar surface area (TPSA) is 37.8 Å².